The van der Waals surface area contributed by atoms with Crippen molar-refractivity contribution in [2.24, 2.45) is 0 Å². The fourth-order valence-electron chi connectivity index (χ4n) is 2.03. The normalized spacial score (nSPS) is 11.2. The predicted molar refractivity (Wildman–Crippen MR) is 85.4 cm³/mol. The Labute approximate surface area is 138 Å². The third-order valence-corrected chi connectivity index (χ3v) is 4.66. The number of carbonyl (C=O) groups is 2. The molecular weight excluding hydrogens is 334 g/mol. The molecule has 2 aromatic rings. The van der Waals surface area contributed by atoms with Gasteiger partial charge in [-0.1, -0.05) is 24.3 Å². The van der Waals surface area contributed by atoms with Crippen molar-refractivity contribution < 1.29 is 28.2 Å². The van der Waals surface area contributed by atoms with Crippen molar-refractivity contribution in [1.82, 2.24) is 4.72 Å². The second-order valence-electron chi connectivity index (χ2n) is 5.01. The highest BCUT2D eigenvalue weighted by atomic mass is 32.2. The fourth-order valence-corrected chi connectivity index (χ4v) is 3.24. The fraction of sp³-hybridized carbons (Fsp3) is 0.125. The molecule has 0 amide bonds. The van der Waals surface area contributed by atoms with E-state index < -0.39 is 33.2 Å². The van der Waals surface area contributed by atoms with Crippen molar-refractivity contribution >= 4 is 21.8 Å². The molecular formula is C16H15NO6S. The highest BCUT2D eigenvalue weighted by molar-refractivity contribution is 7.89. The molecule has 0 spiro atoms. The topological polar surface area (TPSA) is 121 Å². The lowest BCUT2D eigenvalue weighted by molar-refractivity contribution is -0.117. The third kappa shape index (κ3) is 4.40. The van der Waals surface area contributed by atoms with Crippen LogP contribution in [0.15, 0.2) is 53.4 Å². The van der Waals surface area contributed by atoms with Crippen molar-refractivity contribution in [3.63, 3.8) is 0 Å². The van der Waals surface area contributed by atoms with E-state index in [1.165, 1.54) is 30.3 Å². The second kappa shape index (κ2) is 7.24. The highest BCUT2D eigenvalue weighted by Gasteiger charge is 2.22. The van der Waals surface area contributed by atoms with E-state index in [4.69, 9.17) is 5.11 Å². The van der Waals surface area contributed by atoms with Gasteiger partial charge >= 0.3 is 5.97 Å². The largest absolute Gasteiger partial charge is 0.508 e. The number of carboxylic acids is 1. The van der Waals surface area contributed by atoms with Crippen LogP contribution in [0, 0.1) is 0 Å². The van der Waals surface area contributed by atoms with Crippen LogP contribution in [-0.4, -0.2) is 36.9 Å². The van der Waals surface area contributed by atoms with Gasteiger partial charge in [0.2, 0.25) is 10.0 Å². The Kier molecular flexibility index (Phi) is 5.32. The summed E-state index contributed by atoms with van der Waals surface area (Å²) in [4.78, 5) is 22.6. The number of aromatic carboxylic acids is 1. The Hall–Kier alpha value is -2.71. The number of nitrogens with one attached hydrogen (secondary N) is 1. The molecule has 0 saturated heterocycles. The summed E-state index contributed by atoms with van der Waals surface area (Å²) in [6.07, 6.45) is -0.0105. The number of benzene rings is 2. The van der Waals surface area contributed by atoms with E-state index in [-0.39, 0.29) is 17.7 Å². The summed E-state index contributed by atoms with van der Waals surface area (Å²) in [7, 11) is -4.12. The highest BCUT2D eigenvalue weighted by Crippen LogP contribution is 2.15. The van der Waals surface area contributed by atoms with E-state index in [0.717, 1.165) is 6.07 Å². The van der Waals surface area contributed by atoms with Gasteiger partial charge in [-0.25, -0.2) is 17.9 Å². The molecule has 8 heteroatoms. The lowest BCUT2D eigenvalue weighted by Gasteiger charge is -2.09. The molecule has 0 bridgehead atoms. The van der Waals surface area contributed by atoms with Gasteiger partial charge in [-0.15, -0.1) is 0 Å². The lowest BCUT2D eigenvalue weighted by Crippen LogP contribution is -2.31. The predicted octanol–water partition coefficient (Wildman–Crippen LogP) is 1.18. The van der Waals surface area contributed by atoms with Gasteiger partial charge in [0.1, 0.15) is 5.75 Å². The number of hydrogen-bond donors (Lipinski definition) is 3. The molecule has 7 nitrogen and oxygen atoms in total. The number of carboxylic acid groups (broad SMARTS) is 1. The average Bonchev–Trinajstić information content (AvgIpc) is 2.55. The molecule has 0 heterocycles. The minimum atomic E-state index is -4.12. The molecule has 24 heavy (non-hydrogen) atoms. The number of hydrogen-bond acceptors (Lipinski definition) is 5. The van der Waals surface area contributed by atoms with E-state index in [2.05, 4.69) is 4.72 Å². The maximum absolute atomic E-state index is 12.2. The molecule has 0 fully saturated rings. The Balaban J connectivity index is 2.06. The van der Waals surface area contributed by atoms with E-state index in [0.29, 0.717) is 5.56 Å². The van der Waals surface area contributed by atoms with Crippen LogP contribution in [0.25, 0.3) is 0 Å². The quantitative estimate of drug-likeness (QED) is 0.690. The van der Waals surface area contributed by atoms with Crippen LogP contribution in [0.1, 0.15) is 15.9 Å². The smallest absolute Gasteiger partial charge is 0.337 e. The first-order valence-corrected chi connectivity index (χ1v) is 8.39. The molecule has 0 aliphatic carbocycles. The summed E-state index contributed by atoms with van der Waals surface area (Å²) < 4.78 is 26.5. The molecule has 2 rings (SSSR count). The molecule has 0 saturated carbocycles. The Morgan fingerprint density at radius 2 is 1.62 bits per heavy atom. The number of phenolic OH excluding ortho intramolecular Hbond substituents is 1. The first kappa shape index (κ1) is 17.6. The zero-order valence-corrected chi connectivity index (χ0v) is 13.3. The standard InChI is InChI=1S/C16H15NO6S/c18-12-7-5-11(6-8-12)9-13(19)10-17-24(22,23)15-4-2-1-3-14(15)16(20)21/h1-8,17-18H,9-10H2,(H,20,21). The van der Waals surface area contributed by atoms with E-state index in [1.54, 1.807) is 12.1 Å². The number of aromatic hydroxyl groups is 1. The number of sulfonamides is 1. The molecule has 0 aromatic heterocycles. The summed E-state index contributed by atoms with van der Waals surface area (Å²) in [5.41, 5.74) is 0.263. The monoisotopic (exact) mass is 349 g/mol. The number of rotatable bonds is 7. The molecule has 3 N–H and O–H groups in total. The van der Waals surface area contributed by atoms with Crippen molar-refractivity contribution in [3.05, 3.63) is 59.7 Å². The van der Waals surface area contributed by atoms with Gasteiger partial charge in [0.25, 0.3) is 0 Å². The van der Waals surface area contributed by atoms with Crippen LogP contribution in [0.3, 0.4) is 0 Å². The van der Waals surface area contributed by atoms with Gasteiger partial charge in [0.15, 0.2) is 5.78 Å². The Morgan fingerprint density at radius 1 is 1.00 bits per heavy atom. The molecule has 2 aromatic carbocycles. The maximum atomic E-state index is 12.2. The van der Waals surface area contributed by atoms with Crippen molar-refractivity contribution in [2.45, 2.75) is 11.3 Å². The number of carbonyl (C=O) groups excluding carboxylic acids is 1. The van der Waals surface area contributed by atoms with Gasteiger partial charge in [-0.2, -0.15) is 0 Å². The zero-order chi connectivity index (χ0) is 17.7. The number of phenols is 1. The van der Waals surface area contributed by atoms with Crippen molar-refractivity contribution in [3.8, 4) is 5.75 Å². The van der Waals surface area contributed by atoms with Crippen LogP contribution in [0.2, 0.25) is 0 Å². The van der Waals surface area contributed by atoms with Crippen LogP contribution in [0.5, 0.6) is 5.75 Å². The van der Waals surface area contributed by atoms with Crippen molar-refractivity contribution in [1.29, 1.82) is 0 Å². The van der Waals surface area contributed by atoms with Gasteiger partial charge in [0.05, 0.1) is 17.0 Å². The molecule has 0 unspecified atom stereocenters. The minimum Gasteiger partial charge on any atom is -0.508 e. The molecule has 126 valence electrons. The van der Waals surface area contributed by atoms with E-state index in [9.17, 15) is 23.1 Å². The Bertz CT molecular complexity index is 858. The molecule has 0 aliphatic heterocycles. The van der Waals surface area contributed by atoms with Crippen LogP contribution >= 0.6 is 0 Å². The summed E-state index contributed by atoms with van der Waals surface area (Å²) >= 11 is 0. The van der Waals surface area contributed by atoms with E-state index in [1.807, 2.05) is 0 Å². The lowest BCUT2D eigenvalue weighted by atomic mass is 10.1. The second-order valence-corrected chi connectivity index (χ2v) is 6.74. The summed E-state index contributed by atoms with van der Waals surface area (Å²) in [5.74, 6) is -1.69. The van der Waals surface area contributed by atoms with Crippen LogP contribution in [0.4, 0.5) is 0 Å². The van der Waals surface area contributed by atoms with E-state index >= 15 is 0 Å². The summed E-state index contributed by atoms with van der Waals surface area (Å²) in [5, 5.41) is 18.2. The molecule has 0 atom stereocenters. The first-order chi connectivity index (χ1) is 11.3. The Morgan fingerprint density at radius 3 is 2.25 bits per heavy atom. The van der Waals surface area contributed by atoms with Crippen molar-refractivity contribution in [2.75, 3.05) is 6.54 Å². The molecule has 0 aliphatic rings. The number of ketones is 1. The van der Waals surface area contributed by atoms with Crippen LogP contribution < -0.4 is 4.72 Å². The third-order valence-electron chi connectivity index (χ3n) is 3.20. The first-order valence-electron chi connectivity index (χ1n) is 6.91. The summed E-state index contributed by atoms with van der Waals surface area (Å²) in [6, 6.07) is 11.1. The van der Waals surface area contributed by atoms with Gasteiger partial charge in [0, 0.05) is 6.42 Å². The molecule has 0 radical (unpaired) electrons. The van der Waals surface area contributed by atoms with Gasteiger partial charge < -0.3 is 10.2 Å². The maximum Gasteiger partial charge on any atom is 0.337 e. The average molecular weight is 349 g/mol. The minimum absolute atomic E-state index is 0.0105. The van der Waals surface area contributed by atoms with Crippen LogP contribution in [-0.2, 0) is 21.2 Å². The van der Waals surface area contributed by atoms with Gasteiger partial charge in [-0.05, 0) is 29.8 Å². The number of Topliss-reactive ketones (excluding diaryl/α,β-unsaturated/α-hetero) is 1. The zero-order valence-electron chi connectivity index (χ0n) is 12.5. The SMILES string of the molecule is O=C(CNS(=O)(=O)c1ccccc1C(=O)O)Cc1ccc(O)cc1. The van der Waals surface area contributed by atoms with Gasteiger partial charge in [-0.3, -0.25) is 4.79 Å². The summed E-state index contributed by atoms with van der Waals surface area (Å²) in [6.45, 7) is -0.461.